The van der Waals surface area contributed by atoms with Crippen molar-refractivity contribution in [3.05, 3.63) is 24.3 Å². The van der Waals surface area contributed by atoms with Crippen molar-refractivity contribution in [1.82, 2.24) is 0 Å². The molecule has 0 aromatic heterocycles. The Morgan fingerprint density at radius 3 is 2.29 bits per heavy atom. The molecule has 1 saturated carbocycles. The number of benzene rings is 1. The van der Waals surface area contributed by atoms with Crippen LogP contribution in [0.1, 0.15) is 39.5 Å². The van der Waals surface area contributed by atoms with E-state index in [4.69, 9.17) is 0 Å². The number of nitrogens with one attached hydrogen (secondary N) is 2. The Morgan fingerprint density at radius 1 is 1.10 bits per heavy atom. The van der Waals surface area contributed by atoms with Crippen LogP contribution in [0.25, 0.3) is 0 Å². The molecule has 2 rings (SSSR count). The van der Waals surface area contributed by atoms with Gasteiger partial charge in [-0.05, 0) is 55.7 Å². The molecule has 1 aliphatic rings. The van der Waals surface area contributed by atoms with Gasteiger partial charge in [-0.15, -0.1) is 0 Å². The second-order valence-corrected chi connectivity index (χ2v) is 8.20. The van der Waals surface area contributed by atoms with Crippen LogP contribution in [-0.2, 0) is 10.0 Å². The Balaban J connectivity index is 1.93. The van der Waals surface area contributed by atoms with E-state index in [0.29, 0.717) is 11.7 Å². The normalized spacial score (nSPS) is 23.0. The van der Waals surface area contributed by atoms with Crippen LogP contribution in [0, 0.1) is 11.8 Å². The second-order valence-electron chi connectivity index (χ2n) is 6.46. The van der Waals surface area contributed by atoms with Crippen LogP contribution in [-0.4, -0.2) is 20.7 Å². The minimum absolute atomic E-state index is 0.494. The summed E-state index contributed by atoms with van der Waals surface area (Å²) in [5, 5.41) is 3.53. The van der Waals surface area contributed by atoms with Crippen molar-refractivity contribution in [3.63, 3.8) is 0 Å². The lowest BCUT2D eigenvalue weighted by atomic mass is 9.79. The molecule has 0 saturated heterocycles. The summed E-state index contributed by atoms with van der Waals surface area (Å²) in [5.74, 6) is 1.62. The minimum Gasteiger partial charge on any atom is -0.382 e. The van der Waals surface area contributed by atoms with Crippen LogP contribution in [0.5, 0.6) is 0 Å². The van der Waals surface area contributed by atoms with Crippen LogP contribution in [0.2, 0.25) is 0 Å². The summed E-state index contributed by atoms with van der Waals surface area (Å²) in [6, 6.07) is 7.98. The van der Waals surface area contributed by atoms with E-state index in [9.17, 15) is 8.42 Å². The Kier molecular flexibility index (Phi) is 5.14. The van der Waals surface area contributed by atoms with Crippen molar-refractivity contribution in [1.29, 1.82) is 0 Å². The molecular formula is C16H26N2O2S. The van der Waals surface area contributed by atoms with Crippen molar-refractivity contribution >= 4 is 21.4 Å². The Hall–Kier alpha value is -1.23. The van der Waals surface area contributed by atoms with Gasteiger partial charge in [-0.2, -0.15) is 0 Å². The zero-order valence-corrected chi connectivity index (χ0v) is 13.9. The molecule has 0 amide bonds. The van der Waals surface area contributed by atoms with E-state index in [0.717, 1.165) is 17.5 Å². The van der Waals surface area contributed by atoms with Gasteiger partial charge >= 0.3 is 0 Å². The van der Waals surface area contributed by atoms with Crippen LogP contribution < -0.4 is 10.0 Å². The van der Waals surface area contributed by atoms with Gasteiger partial charge in [0, 0.05) is 11.7 Å². The molecule has 1 aliphatic carbocycles. The average molecular weight is 310 g/mol. The lowest BCUT2D eigenvalue weighted by Crippen LogP contribution is -2.27. The molecular weight excluding hydrogens is 284 g/mol. The molecule has 0 radical (unpaired) electrons. The van der Waals surface area contributed by atoms with Gasteiger partial charge in [0.2, 0.25) is 10.0 Å². The summed E-state index contributed by atoms with van der Waals surface area (Å²) in [7, 11) is -3.22. The monoisotopic (exact) mass is 310 g/mol. The SMILES string of the molecule is CC(C)C1CCC(Nc2cccc(NS(C)(=O)=O)c2)CC1. The van der Waals surface area contributed by atoms with Crippen LogP contribution in [0.15, 0.2) is 24.3 Å². The zero-order valence-electron chi connectivity index (χ0n) is 13.1. The van der Waals surface area contributed by atoms with Crippen molar-refractivity contribution in [2.24, 2.45) is 11.8 Å². The van der Waals surface area contributed by atoms with Crippen LogP contribution in [0.3, 0.4) is 0 Å². The van der Waals surface area contributed by atoms with Crippen molar-refractivity contribution in [2.75, 3.05) is 16.3 Å². The predicted molar refractivity (Wildman–Crippen MR) is 89.1 cm³/mol. The maximum Gasteiger partial charge on any atom is 0.229 e. The summed E-state index contributed by atoms with van der Waals surface area (Å²) in [4.78, 5) is 0. The Morgan fingerprint density at radius 2 is 1.71 bits per heavy atom. The Bertz CT molecular complexity index is 561. The number of hydrogen-bond acceptors (Lipinski definition) is 3. The van der Waals surface area contributed by atoms with Gasteiger partial charge in [-0.3, -0.25) is 4.72 Å². The summed E-state index contributed by atoms with van der Waals surface area (Å²) in [5.41, 5.74) is 1.59. The van der Waals surface area contributed by atoms with Gasteiger partial charge in [-0.25, -0.2) is 8.42 Å². The molecule has 4 nitrogen and oxygen atoms in total. The fraction of sp³-hybridized carbons (Fsp3) is 0.625. The largest absolute Gasteiger partial charge is 0.382 e. The van der Waals surface area contributed by atoms with Crippen LogP contribution in [0.4, 0.5) is 11.4 Å². The average Bonchev–Trinajstić information content (AvgIpc) is 2.37. The quantitative estimate of drug-likeness (QED) is 0.872. The van der Waals surface area contributed by atoms with E-state index >= 15 is 0 Å². The van der Waals surface area contributed by atoms with Crippen molar-refractivity contribution in [2.45, 2.75) is 45.6 Å². The van der Waals surface area contributed by atoms with E-state index in [1.54, 1.807) is 6.07 Å². The van der Waals surface area contributed by atoms with Gasteiger partial charge in [0.25, 0.3) is 0 Å². The molecule has 1 fully saturated rings. The lowest BCUT2D eigenvalue weighted by Gasteiger charge is -2.32. The van der Waals surface area contributed by atoms with Gasteiger partial charge < -0.3 is 5.32 Å². The zero-order chi connectivity index (χ0) is 15.5. The fourth-order valence-electron chi connectivity index (χ4n) is 3.05. The van der Waals surface area contributed by atoms with E-state index in [1.165, 1.54) is 31.9 Å². The molecule has 0 heterocycles. The molecule has 2 N–H and O–H groups in total. The van der Waals surface area contributed by atoms with E-state index in [2.05, 4.69) is 23.9 Å². The summed E-state index contributed by atoms with van der Waals surface area (Å²) in [6.07, 6.45) is 6.09. The first-order valence-corrected chi connectivity index (χ1v) is 9.57. The second kappa shape index (κ2) is 6.69. The first-order chi connectivity index (χ1) is 9.83. The number of sulfonamides is 1. The standard InChI is InChI=1S/C16H26N2O2S/c1-12(2)13-7-9-14(10-8-13)17-15-5-4-6-16(11-15)18-21(3,19)20/h4-6,11-14,17-18H,7-10H2,1-3H3. The van der Waals surface area contributed by atoms with Crippen molar-refractivity contribution < 1.29 is 8.42 Å². The maximum atomic E-state index is 11.3. The Labute approximate surface area is 128 Å². The molecule has 0 atom stereocenters. The molecule has 0 unspecified atom stereocenters. The number of hydrogen-bond donors (Lipinski definition) is 2. The third kappa shape index (κ3) is 5.23. The van der Waals surface area contributed by atoms with E-state index in [1.807, 2.05) is 18.2 Å². The minimum atomic E-state index is -3.22. The highest BCUT2D eigenvalue weighted by molar-refractivity contribution is 7.92. The topological polar surface area (TPSA) is 58.2 Å². The first kappa shape index (κ1) is 16.1. The van der Waals surface area contributed by atoms with Crippen LogP contribution >= 0.6 is 0 Å². The maximum absolute atomic E-state index is 11.3. The summed E-state index contributed by atoms with van der Waals surface area (Å²) in [6.45, 7) is 4.61. The summed E-state index contributed by atoms with van der Waals surface area (Å²) >= 11 is 0. The lowest BCUT2D eigenvalue weighted by molar-refractivity contribution is 0.267. The molecule has 0 spiro atoms. The first-order valence-electron chi connectivity index (χ1n) is 7.68. The molecule has 118 valence electrons. The van der Waals surface area contributed by atoms with E-state index in [-0.39, 0.29) is 0 Å². The molecule has 1 aromatic rings. The van der Waals surface area contributed by atoms with Gasteiger partial charge in [-0.1, -0.05) is 19.9 Å². The molecule has 1 aromatic carbocycles. The number of rotatable bonds is 5. The number of anilines is 2. The third-order valence-corrected chi connectivity index (χ3v) is 4.86. The highest BCUT2D eigenvalue weighted by Crippen LogP contribution is 2.31. The molecule has 0 aliphatic heterocycles. The van der Waals surface area contributed by atoms with Gasteiger partial charge in [0.05, 0.1) is 11.9 Å². The smallest absolute Gasteiger partial charge is 0.229 e. The molecule has 5 heteroatoms. The fourth-order valence-corrected chi connectivity index (χ4v) is 3.61. The third-order valence-electron chi connectivity index (χ3n) is 4.25. The van der Waals surface area contributed by atoms with E-state index < -0.39 is 10.0 Å². The molecule has 0 bridgehead atoms. The summed E-state index contributed by atoms with van der Waals surface area (Å²) < 4.78 is 25.1. The van der Waals surface area contributed by atoms with Gasteiger partial charge in [0.15, 0.2) is 0 Å². The predicted octanol–water partition coefficient (Wildman–Crippen LogP) is 3.68. The highest BCUT2D eigenvalue weighted by atomic mass is 32.2. The molecule has 21 heavy (non-hydrogen) atoms. The van der Waals surface area contributed by atoms with Gasteiger partial charge in [0.1, 0.15) is 0 Å². The van der Waals surface area contributed by atoms with Crippen molar-refractivity contribution in [3.8, 4) is 0 Å². The highest BCUT2D eigenvalue weighted by Gasteiger charge is 2.23.